The number of carbonyl (C=O) groups excluding carboxylic acids is 1. The molecule has 2 rings (SSSR count). The quantitative estimate of drug-likeness (QED) is 0.803. The molecule has 0 fully saturated rings. The van der Waals surface area contributed by atoms with E-state index in [1.165, 1.54) is 0 Å². The van der Waals surface area contributed by atoms with Gasteiger partial charge in [0.05, 0.1) is 0 Å². The van der Waals surface area contributed by atoms with E-state index in [9.17, 15) is 4.79 Å². The zero-order valence-corrected chi connectivity index (χ0v) is 14.1. The molecule has 1 unspecified atom stereocenters. The number of benzene rings is 1. The van der Waals surface area contributed by atoms with Gasteiger partial charge in [-0.05, 0) is 31.3 Å². The summed E-state index contributed by atoms with van der Waals surface area (Å²) in [7, 11) is 1.82. The van der Waals surface area contributed by atoms with Crippen LogP contribution in [-0.2, 0) is 11.4 Å². The predicted molar refractivity (Wildman–Crippen MR) is 88.8 cm³/mol. The van der Waals surface area contributed by atoms with Gasteiger partial charge >= 0.3 is 0 Å². The van der Waals surface area contributed by atoms with Crippen molar-refractivity contribution in [3.63, 3.8) is 0 Å². The Hall–Kier alpha value is -2.12. The van der Waals surface area contributed by atoms with Crippen LogP contribution in [0.5, 0.6) is 5.75 Å². The van der Waals surface area contributed by atoms with Crippen molar-refractivity contribution in [3.8, 4) is 5.75 Å². The van der Waals surface area contributed by atoms with Crippen molar-refractivity contribution in [2.24, 2.45) is 5.92 Å². The Kier molecular flexibility index (Phi) is 7.50. The number of hydrogen-bond donors (Lipinski definition) is 2. The lowest BCUT2D eigenvalue weighted by Crippen LogP contribution is -2.28. The fourth-order valence-electron chi connectivity index (χ4n) is 1.85. The Morgan fingerprint density at radius 1 is 1.35 bits per heavy atom. The summed E-state index contributed by atoms with van der Waals surface area (Å²) in [6.45, 7) is 4.47. The molecule has 0 saturated heterocycles. The second-order valence-corrected chi connectivity index (χ2v) is 4.99. The van der Waals surface area contributed by atoms with Crippen molar-refractivity contribution in [2.75, 3.05) is 18.9 Å². The first-order valence-corrected chi connectivity index (χ1v) is 7.06. The molecule has 2 aromatic rings. The number of aromatic nitrogens is 2. The molecule has 0 bridgehead atoms. The van der Waals surface area contributed by atoms with Crippen molar-refractivity contribution in [1.82, 2.24) is 15.5 Å². The van der Waals surface area contributed by atoms with Gasteiger partial charge in [-0.25, -0.2) is 0 Å². The summed E-state index contributed by atoms with van der Waals surface area (Å²) in [5, 5.41) is 9.58. The molecule has 0 saturated carbocycles. The van der Waals surface area contributed by atoms with Crippen molar-refractivity contribution >= 4 is 24.0 Å². The van der Waals surface area contributed by atoms with Crippen LogP contribution in [0.15, 0.2) is 28.8 Å². The van der Waals surface area contributed by atoms with E-state index in [0.29, 0.717) is 24.0 Å². The highest BCUT2D eigenvalue weighted by molar-refractivity contribution is 5.92. The van der Waals surface area contributed by atoms with Crippen LogP contribution in [-0.4, -0.2) is 29.6 Å². The standard InChI is InChI=1S/C15H20N4O3.ClH/c1-10(8-16-3)15(20)18-12-4-6-13(7-5-12)21-9-14-17-11(2)22-19-14;/h4-7,10,16H,8-9H2,1-3H3,(H,18,20);1H. The molecule has 1 amide bonds. The predicted octanol–water partition coefficient (Wildman–Crippen LogP) is 2.17. The molecule has 2 N–H and O–H groups in total. The van der Waals surface area contributed by atoms with E-state index in [2.05, 4.69) is 20.8 Å². The van der Waals surface area contributed by atoms with Gasteiger partial charge in [0, 0.05) is 25.1 Å². The first kappa shape index (κ1) is 18.9. The van der Waals surface area contributed by atoms with Crippen LogP contribution in [0.3, 0.4) is 0 Å². The average Bonchev–Trinajstić information content (AvgIpc) is 2.92. The van der Waals surface area contributed by atoms with Gasteiger partial charge in [0.25, 0.3) is 0 Å². The maximum Gasteiger partial charge on any atom is 0.228 e. The lowest BCUT2D eigenvalue weighted by molar-refractivity contribution is -0.119. The van der Waals surface area contributed by atoms with Gasteiger partial charge in [-0.3, -0.25) is 4.79 Å². The molecule has 0 spiro atoms. The molecule has 1 aromatic heterocycles. The molecule has 7 nitrogen and oxygen atoms in total. The molecule has 1 atom stereocenters. The number of rotatable bonds is 7. The lowest BCUT2D eigenvalue weighted by Gasteiger charge is -2.12. The average molecular weight is 341 g/mol. The molecule has 126 valence electrons. The maximum absolute atomic E-state index is 11.9. The van der Waals surface area contributed by atoms with E-state index in [1.54, 1.807) is 31.2 Å². The molecular formula is C15H21ClN4O3. The Morgan fingerprint density at radius 2 is 2.04 bits per heavy atom. The third-order valence-electron chi connectivity index (χ3n) is 3.02. The smallest absolute Gasteiger partial charge is 0.228 e. The van der Waals surface area contributed by atoms with E-state index in [1.807, 2.05) is 14.0 Å². The third-order valence-corrected chi connectivity index (χ3v) is 3.02. The summed E-state index contributed by atoms with van der Waals surface area (Å²) in [5.41, 5.74) is 0.732. The van der Waals surface area contributed by atoms with Crippen LogP contribution in [0, 0.1) is 12.8 Å². The van der Waals surface area contributed by atoms with Crippen molar-refractivity contribution < 1.29 is 14.1 Å². The number of carbonyl (C=O) groups is 1. The summed E-state index contributed by atoms with van der Waals surface area (Å²) in [6.07, 6.45) is 0. The zero-order chi connectivity index (χ0) is 15.9. The Labute approximate surface area is 141 Å². The normalized spacial score (nSPS) is 11.4. The summed E-state index contributed by atoms with van der Waals surface area (Å²) in [4.78, 5) is 15.9. The molecular weight excluding hydrogens is 320 g/mol. The van der Waals surface area contributed by atoms with Crippen LogP contribution in [0.25, 0.3) is 0 Å². The van der Waals surface area contributed by atoms with Crippen LogP contribution in [0.2, 0.25) is 0 Å². The largest absolute Gasteiger partial charge is 0.485 e. The van der Waals surface area contributed by atoms with Crippen LogP contribution >= 0.6 is 12.4 Å². The van der Waals surface area contributed by atoms with Gasteiger partial charge in [0.2, 0.25) is 17.6 Å². The number of amides is 1. The first-order chi connectivity index (χ1) is 10.6. The molecule has 0 aliphatic heterocycles. The van der Waals surface area contributed by atoms with Gasteiger partial charge in [0.1, 0.15) is 5.75 Å². The summed E-state index contributed by atoms with van der Waals surface area (Å²) in [6, 6.07) is 7.15. The van der Waals surface area contributed by atoms with Crippen LogP contribution in [0.1, 0.15) is 18.6 Å². The van der Waals surface area contributed by atoms with Crippen LogP contribution < -0.4 is 15.4 Å². The monoisotopic (exact) mass is 340 g/mol. The molecule has 1 aromatic carbocycles. The van der Waals surface area contributed by atoms with Crippen molar-refractivity contribution in [2.45, 2.75) is 20.5 Å². The highest BCUT2D eigenvalue weighted by atomic mass is 35.5. The van der Waals surface area contributed by atoms with Gasteiger partial charge < -0.3 is 19.9 Å². The topological polar surface area (TPSA) is 89.3 Å². The number of nitrogens with one attached hydrogen (secondary N) is 2. The summed E-state index contributed by atoms with van der Waals surface area (Å²) < 4.78 is 10.4. The number of aryl methyl sites for hydroxylation is 1. The SMILES string of the molecule is CNCC(C)C(=O)Nc1ccc(OCc2noc(C)n2)cc1.Cl. The molecule has 1 heterocycles. The minimum atomic E-state index is -0.0950. The highest BCUT2D eigenvalue weighted by Crippen LogP contribution is 2.17. The molecule has 0 aliphatic carbocycles. The van der Waals surface area contributed by atoms with Gasteiger partial charge in [0.15, 0.2) is 6.61 Å². The maximum atomic E-state index is 11.9. The number of anilines is 1. The summed E-state index contributed by atoms with van der Waals surface area (Å²) >= 11 is 0. The van der Waals surface area contributed by atoms with Gasteiger partial charge in [-0.2, -0.15) is 4.98 Å². The zero-order valence-electron chi connectivity index (χ0n) is 13.3. The molecule has 23 heavy (non-hydrogen) atoms. The fraction of sp³-hybridized carbons (Fsp3) is 0.400. The second kappa shape index (κ2) is 9.12. The Balaban J connectivity index is 0.00000264. The van der Waals surface area contributed by atoms with Crippen LogP contribution in [0.4, 0.5) is 5.69 Å². The summed E-state index contributed by atoms with van der Waals surface area (Å²) in [5.74, 6) is 1.56. The van der Waals surface area contributed by atoms with E-state index in [-0.39, 0.29) is 30.8 Å². The lowest BCUT2D eigenvalue weighted by atomic mass is 10.1. The number of nitrogens with zero attached hydrogens (tertiary/aromatic N) is 2. The highest BCUT2D eigenvalue weighted by Gasteiger charge is 2.11. The minimum absolute atomic E-state index is 0. The first-order valence-electron chi connectivity index (χ1n) is 7.06. The van der Waals surface area contributed by atoms with E-state index in [0.717, 1.165) is 5.69 Å². The van der Waals surface area contributed by atoms with Gasteiger partial charge in [-0.1, -0.05) is 12.1 Å². The molecule has 8 heteroatoms. The van der Waals surface area contributed by atoms with Crippen molar-refractivity contribution in [1.29, 1.82) is 0 Å². The second-order valence-electron chi connectivity index (χ2n) is 4.99. The van der Waals surface area contributed by atoms with E-state index in [4.69, 9.17) is 9.26 Å². The fourth-order valence-corrected chi connectivity index (χ4v) is 1.85. The van der Waals surface area contributed by atoms with Gasteiger partial charge in [-0.15, -0.1) is 12.4 Å². The molecule has 0 aliphatic rings. The minimum Gasteiger partial charge on any atom is -0.485 e. The van der Waals surface area contributed by atoms with E-state index >= 15 is 0 Å². The molecule has 0 radical (unpaired) electrons. The third kappa shape index (κ3) is 5.88. The van der Waals surface area contributed by atoms with E-state index < -0.39 is 0 Å². The number of halogens is 1. The van der Waals surface area contributed by atoms with Crippen molar-refractivity contribution in [3.05, 3.63) is 36.0 Å². The number of hydrogen-bond acceptors (Lipinski definition) is 6. The number of ether oxygens (including phenoxy) is 1. The Morgan fingerprint density at radius 3 is 2.61 bits per heavy atom. The Bertz CT molecular complexity index is 615.